The maximum Gasteiger partial charge on any atom is 0.326 e. The third kappa shape index (κ3) is 5.37. The first-order chi connectivity index (χ1) is 14.0. The van der Waals surface area contributed by atoms with Gasteiger partial charge in [-0.1, -0.05) is 83.9 Å². The number of halogens is 2. The monoisotopic (exact) mass is 427 g/mol. The predicted octanol–water partition coefficient (Wildman–Crippen LogP) is 5.33. The summed E-state index contributed by atoms with van der Waals surface area (Å²) in [7, 11) is 0. The molecule has 148 valence electrons. The van der Waals surface area contributed by atoms with Crippen molar-refractivity contribution >= 4 is 35.1 Å². The summed E-state index contributed by atoms with van der Waals surface area (Å²) < 4.78 is 0. The van der Waals surface area contributed by atoms with E-state index >= 15 is 0 Å². The Morgan fingerprint density at radius 2 is 1.45 bits per heavy atom. The zero-order chi connectivity index (χ0) is 20.8. The first-order valence-electron chi connectivity index (χ1n) is 9.02. The van der Waals surface area contributed by atoms with Crippen LogP contribution in [0.25, 0.3) is 0 Å². The highest BCUT2D eigenvalue weighted by Gasteiger charge is 2.31. The van der Waals surface area contributed by atoms with Gasteiger partial charge in [0, 0.05) is 18.0 Å². The Bertz CT molecular complexity index is 994. The summed E-state index contributed by atoms with van der Waals surface area (Å²) in [5.41, 5.74) is 1.87. The molecule has 0 bridgehead atoms. The van der Waals surface area contributed by atoms with Crippen molar-refractivity contribution in [2.24, 2.45) is 0 Å². The normalized spacial score (nSPS) is 11.7. The van der Waals surface area contributed by atoms with Crippen molar-refractivity contribution in [3.8, 4) is 0 Å². The minimum absolute atomic E-state index is 0.141. The van der Waals surface area contributed by atoms with Crippen molar-refractivity contribution < 1.29 is 14.7 Å². The average Bonchev–Trinajstić information content (AvgIpc) is 2.71. The molecule has 0 aliphatic heterocycles. The van der Waals surface area contributed by atoms with Gasteiger partial charge in [0.15, 0.2) is 0 Å². The minimum atomic E-state index is -1.08. The molecule has 1 atom stereocenters. The molecule has 4 nitrogen and oxygen atoms in total. The van der Waals surface area contributed by atoms with E-state index in [1.807, 2.05) is 60.7 Å². The fourth-order valence-corrected chi connectivity index (χ4v) is 3.58. The molecular formula is C23H19Cl2NO3. The lowest BCUT2D eigenvalue weighted by Crippen LogP contribution is -2.46. The van der Waals surface area contributed by atoms with Gasteiger partial charge in [0.1, 0.15) is 6.04 Å². The second kappa shape index (κ2) is 9.59. The molecule has 3 aromatic carbocycles. The van der Waals surface area contributed by atoms with Gasteiger partial charge in [0.25, 0.3) is 5.91 Å². The molecule has 0 unspecified atom stereocenters. The molecule has 0 spiro atoms. The van der Waals surface area contributed by atoms with E-state index in [0.29, 0.717) is 5.02 Å². The van der Waals surface area contributed by atoms with Crippen molar-refractivity contribution in [1.29, 1.82) is 0 Å². The number of carbonyl (C=O) groups excluding carboxylic acids is 1. The number of amides is 1. The van der Waals surface area contributed by atoms with Gasteiger partial charge in [0.2, 0.25) is 0 Å². The molecule has 29 heavy (non-hydrogen) atoms. The molecule has 3 rings (SSSR count). The standard InChI is InChI=1S/C23H19Cl2NO3/c24-18-11-12-19(20(25)14-18)22(27)26(15-17-9-5-2-6-10-17)21(23(28)29)13-16-7-3-1-4-8-16/h1-12,14,21H,13,15H2,(H,28,29)/t21-/m0/s1. The van der Waals surface area contributed by atoms with Gasteiger partial charge in [0.05, 0.1) is 10.6 Å². The highest BCUT2D eigenvalue weighted by Crippen LogP contribution is 2.25. The van der Waals surface area contributed by atoms with Crippen LogP contribution in [-0.2, 0) is 17.8 Å². The van der Waals surface area contributed by atoms with E-state index in [9.17, 15) is 14.7 Å². The van der Waals surface area contributed by atoms with Crippen LogP contribution in [0.4, 0.5) is 0 Å². The molecule has 0 aliphatic carbocycles. The number of rotatable bonds is 7. The average molecular weight is 428 g/mol. The van der Waals surface area contributed by atoms with Crippen LogP contribution in [0, 0.1) is 0 Å². The van der Waals surface area contributed by atoms with E-state index in [0.717, 1.165) is 11.1 Å². The Labute approximate surface area is 179 Å². The van der Waals surface area contributed by atoms with E-state index in [4.69, 9.17) is 23.2 Å². The van der Waals surface area contributed by atoms with Crippen LogP contribution in [0.2, 0.25) is 10.0 Å². The lowest BCUT2D eigenvalue weighted by atomic mass is 10.0. The molecule has 1 N–H and O–H groups in total. The maximum absolute atomic E-state index is 13.4. The van der Waals surface area contributed by atoms with Gasteiger partial charge in [-0.2, -0.15) is 0 Å². The summed E-state index contributed by atoms with van der Waals surface area (Å²) in [6.45, 7) is 0.141. The summed E-state index contributed by atoms with van der Waals surface area (Å²) in [5, 5.41) is 10.5. The van der Waals surface area contributed by atoms with Crippen LogP contribution in [-0.4, -0.2) is 27.9 Å². The molecule has 0 aromatic heterocycles. The number of nitrogens with zero attached hydrogens (tertiary/aromatic N) is 1. The topological polar surface area (TPSA) is 57.6 Å². The van der Waals surface area contributed by atoms with Gasteiger partial charge in [-0.3, -0.25) is 4.79 Å². The molecule has 0 heterocycles. The molecular weight excluding hydrogens is 409 g/mol. The van der Waals surface area contributed by atoms with E-state index in [-0.39, 0.29) is 23.6 Å². The summed E-state index contributed by atoms with van der Waals surface area (Å²) in [4.78, 5) is 26.9. The number of hydrogen-bond donors (Lipinski definition) is 1. The first kappa shape index (κ1) is 20.9. The minimum Gasteiger partial charge on any atom is -0.480 e. The van der Waals surface area contributed by atoms with Gasteiger partial charge in [-0.15, -0.1) is 0 Å². The van der Waals surface area contributed by atoms with Crippen molar-refractivity contribution in [1.82, 2.24) is 4.90 Å². The molecule has 0 fully saturated rings. The molecule has 0 aliphatic rings. The molecule has 1 amide bonds. The zero-order valence-corrected chi connectivity index (χ0v) is 17.0. The van der Waals surface area contributed by atoms with Gasteiger partial charge >= 0.3 is 5.97 Å². The number of benzene rings is 3. The SMILES string of the molecule is O=C(O)[C@H](Cc1ccccc1)N(Cc1ccccc1)C(=O)c1ccc(Cl)cc1Cl. The second-order valence-corrected chi connectivity index (χ2v) is 7.43. The van der Waals surface area contributed by atoms with Crippen molar-refractivity contribution in [2.45, 2.75) is 19.0 Å². The van der Waals surface area contributed by atoms with Crippen LogP contribution in [0.15, 0.2) is 78.9 Å². The Kier molecular flexibility index (Phi) is 6.91. The maximum atomic E-state index is 13.4. The number of hydrogen-bond acceptors (Lipinski definition) is 2. The highest BCUT2D eigenvalue weighted by molar-refractivity contribution is 6.36. The number of aliphatic carboxylic acids is 1. The first-order valence-corrected chi connectivity index (χ1v) is 9.78. The van der Waals surface area contributed by atoms with E-state index in [1.165, 1.54) is 17.0 Å². The smallest absolute Gasteiger partial charge is 0.326 e. The fourth-order valence-electron chi connectivity index (χ4n) is 3.09. The largest absolute Gasteiger partial charge is 0.480 e. The van der Waals surface area contributed by atoms with Crippen LogP contribution >= 0.6 is 23.2 Å². The second-order valence-electron chi connectivity index (χ2n) is 6.59. The van der Waals surface area contributed by atoms with E-state index < -0.39 is 17.9 Å². The number of carbonyl (C=O) groups is 2. The Balaban J connectivity index is 2.00. The van der Waals surface area contributed by atoms with Gasteiger partial charge in [-0.25, -0.2) is 4.79 Å². The van der Waals surface area contributed by atoms with Crippen molar-refractivity contribution in [3.63, 3.8) is 0 Å². The third-order valence-corrected chi connectivity index (χ3v) is 5.10. The van der Waals surface area contributed by atoms with Crippen molar-refractivity contribution in [2.75, 3.05) is 0 Å². The van der Waals surface area contributed by atoms with Gasteiger partial charge < -0.3 is 10.0 Å². The predicted molar refractivity (Wildman–Crippen MR) is 114 cm³/mol. The molecule has 3 aromatic rings. The number of carboxylic acid groups (broad SMARTS) is 1. The molecule has 0 saturated heterocycles. The van der Waals surface area contributed by atoms with Crippen LogP contribution in [0.5, 0.6) is 0 Å². The quantitative estimate of drug-likeness (QED) is 0.553. The molecule has 6 heteroatoms. The summed E-state index contributed by atoms with van der Waals surface area (Å²) in [5.74, 6) is -1.54. The summed E-state index contributed by atoms with van der Waals surface area (Å²) in [6, 6.07) is 22.0. The Morgan fingerprint density at radius 1 is 0.862 bits per heavy atom. The van der Waals surface area contributed by atoms with Crippen LogP contribution < -0.4 is 0 Å². The molecule has 0 radical (unpaired) electrons. The highest BCUT2D eigenvalue weighted by atomic mass is 35.5. The zero-order valence-electron chi connectivity index (χ0n) is 15.5. The lowest BCUT2D eigenvalue weighted by molar-refractivity contribution is -0.142. The van der Waals surface area contributed by atoms with Crippen LogP contribution in [0.3, 0.4) is 0 Å². The van der Waals surface area contributed by atoms with Crippen LogP contribution in [0.1, 0.15) is 21.5 Å². The van der Waals surface area contributed by atoms with E-state index in [2.05, 4.69) is 0 Å². The third-order valence-electron chi connectivity index (χ3n) is 4.55. The summed E-state index contributed by atoms with van der Waals surface area (Å²) in [6.07, 6.45) is 0.181. The Hall–Kier alpha value is -2.82. The Morgan fingerprint density at radius 3 is 2.00 bits per heavy atom. The molecule has 0 saturated carbocycles. The number of carboxylic acids is 1. The van der Waals surface area contributed by atoms with Crippen molar-refractivity contribution in [3.05, 3.63) is 106 Å². The van der Waals surface area contributed by atoms with Gasteiger partial charge in [-0.05, 0) is 29.3 Å². The lowest BCUT2D eigenvalue weighted by Gasteiger charge is -2.30. The van der Waals surface area contributed by atoms with E-state index in [1.54, 1.807) is 6.07 Å². The summed E-state index contributed by atoms with van der Waals surface area (Å²) >= 11 is 12.2. The fraction of sp³-hybridized carbons (Fsp3) is 0.130.